The third-order valence-corrected chi connectivity index (χ3v) is 4.92. The van der Waals surface area contributed by atoms with E-state index in [0.717, 1.165) is 16.7 Å². The molecule has 0 aliphatic rings. The summed E-state index contributed by atoms with van der Waals surface area (Å²) >= 11 is 5.86. The van der Waals surface area contributed by atoms with Gasteiger partial charge in [-0.25, -0.2) is 0 Å². The van der Waals surface area contributed by atoms with Crippen LogP contribution in [0, 0.1) is 13.8 Å². The summed E-state index contributed by atoms with van der Waals surface area (Å²) in [5.41, 5.74) is 4.26. The van der Waals surface area contributed by atoms with Crippen LogP contribution in [0.2, 0.25) is 5.02 Å². The maximum Gasteiger partial charge on any atom is 0.248 e. The number of aryl methyl sites for hydroxylation is 2. The molecule has 0 saturated carbocycles. The number of hydrogen-bond donors (Lipinski definition) is 1. The number of carbonyl (C=O) groups excluding carboxylic acids is 1. The molecule has 0 spiro atoms. The quantitative estimate of drug-likeness (QED) is 0.344. The Kier molecular flexibility index (Phi) is 4.95. The van der Waals surface area contributed by atoms with Crippen molar-refractivity contribution >= 4 is 51.2 Å². The Balaban J connectivity index is 1.65. The molecule has 1 N–H and O–H groups in total. The first-order valence-electron chi connectivity index (χ1n) is 9.13. The largest absolute Gasteiger partial charge is 0.455 e. The van der Waals surface area contributed by atoms with Crippen molar-refractivity contribution in [2.45, 2.75) is 13.8 Å². The van der Waals surface area contributed by atoms with E-state index in [9.17, 15) is 9.59 Å². The van der Waals surface area contributed by atoms with Crippen LogP contribution in [-0.2, 0) is 4.79 Å². The zero-order valence-corrected chi connectivity index (χ0v) is 16.7. The summed E-state index contributed by atoms with van der Waals surface area (Å²) in [5, 5.41) is 4.48. The number of halogens is 1. The molecule has 4 aromatic rings. The zero-order chi connectivity index (χ0) is 20.5. The van der Waals surface area contributed by atoms with Crippen molar-refractivity contribution in [3.63, 3.8) is 0 Å². The number of amides is 1. The molecule has 0 atom stereocenters. The Labute approximate surface area is 172 Å². The maximum atomic E-state index is 12.8. The fourth-order valence-corrected chi connectivity index (χ4v) is 3.44. The van der Waals surface area contributed by atoms with Gasteiger partial charge in [-0.3, -0.25) is 9.59 Å². The molecule has 5 heteroatoms. The van der Waals surface area contributed by atoms with Crippen LogP contribution in [0.15, 0.2) is 69.9 Å². The lowest BCUT2D eigenvalue weighted by Gasteiger charge is -2.07. The highest BCUT2D eigenvalue weighted by Crippen LogP contribution is 2.25. The number of benzene rings is 3. The van der Waals surface area contributed by atoms with Gasteiger partial charge in [-0.1, -0.05) is 29.8 Å². The number of nitrogens with one attached hydrogen (secondary N) is 1. The second-order valence-electron chi connectivity index (χ2n) is 6.97. The summed E-state index contributed by atoms with van der Waals surface area (Å²) in [6.07, 6.45) is 3.14. The second-order valence-corrected chi connectivity index (χ2v) is 7.41. The van der Waals surface area contributed by atoms with Gasteiger partial charge in [0.05, 0.1) is 10.8 Å². The third-order valence-electron chi connectivity index (χ3n) is 4.67. The molecule has 1 aromatic heterocycles. The first-order chi connectivity index (χ1) is 13.9. The average molecular weight is 404 g/mol. The standard InChI is InChI=1S/C24H18ClNO3/c1-14-11-15(2)24-20(12-14)23(28)19-9-8-18(13-21(19)29-24)26-22(27)10-5-16-3-6-17(25)7-4-16/h3-13H,1-2H3,(H,26,27)/b10-5+. The SMILES string of the molecule is Cc1cc(C)c2oc3cc(NC(=O)/C=C/c4ccc(Cl)cc4)ccc3c(=O)c2c1. The summed E-state index contributed by atoms with van der Waals surface area (Å²) in [6.45, 7) is 3.86. The van der Waals surface area contributed by atoms with Crippen LogP contribution >= 0.6 is 11.6 Å². The van der Waals surface area contributed by atoms with Crippen molar-refractivity contribution in [3.8, 4) is 0 Å². The van der Waals surface area contributed by atoms with E-state index in [1.807, 2.05) is 38.1 Å². The van der Waals surface area contributed by atoms with E-state index in [-0.39, 0.29) is 11.3 Å². The van der Waals surface area contributed by atoms with Gasteiger partial charge in [0.25, 0.3) is 0 Å². The molecule has 0 unspecified atom stereocenters. The van der Waals surface area contributed by atoms with Crippen LogP contribution in [0.3, 0.4) is 0 Å². The summed E-state index contributed by atoms with van der Waals surface area (Å²) < 4.78 is 5.99. The Morgan fingerprint density at radius 2 is 1.76 bits per heavy atom. The molecule has 3 aromatic carbocycles. The first-order valence-corrected chi connectivity index (χ1v) is 9.51. The van der Waals surface area contributed by atoms with Gasteiger partial charge in [0.1, 0.15) is 11.2 Å². The number of carbonyl (C=O) groups is 1. The number of fused-ring (bicyclic) bond motifs is 2. The van der Waals surface area contributed by atoms with Gasteiger partial charge in [-0.15, -0.1) is 0 Å². The summed E-state index contributed by atoms with van der Waals surface area (Å²) in [5.74, 6) is -0.283. The van der Waals surface area contributed by atoms with E-state index in [1.165, 1.54) is 6.08 Å². The summed E-state index contributed by atoms with van der Waals surface area (Å²) in [4.78, 5) is 25.1. The van der Waals surface area contributed by atoms with Gasteiger partial charge >= 0.3 is 0 Å². The normalized spacial score (nSPS) is 11.4. The van der Waals surface area contributed by atoms with Crippen LogP contribution in [0.1, 0.15) is 16.7 Å². The molecular weight excluding hydrogens is 386 g/mol. The number of rotatable bonds is 3. The summed E-state index contributed by atoms with van der Waals surface area (Å²) in [6, 6.07) is 16.0. The highest BCUT2D eigenvalue weighted by atomic mass is 35.5. The minimum atomic E-state index is -0.283. The maximum absolute atomic E-state index is 12.8. The molecule has 0 aliphatic carbocycles. The monoisotopic (exact) mass is 403 g/mol. The first kappa shape index (κ1) is 19.0. The minimum absolute atomic E-state index is 0.0754. The second kappa shape index (κ2) is 7.57. The van der Waals surface area contributed by atoms with Gasteiger partial charge in [-0.2, -0.15) is 0 Å². The van der Waals surface area contributed by atoms with Gasteiger partial charge in [-0.05, 0) is 66.9 Å². The lowest BCUT2D eigenvalue weighted by molar-refractivity contribution is -0.111. The molecule has 4 rings (SSSR count). The smallest absolute Gasteiger partial charge is 0.248 e. The van der Waals surface area contributed by atoms with Crippen LogP contribution in [0.4, 0.5) is 5.69 Å². The van der Waals surface area contributed by atoms with Crippen LogP contribution < -0.4 is 10.7 Å². The van der Waals surface area contributed by atoms with Crippen molar-refractivity contribution in [3.05, 3.63) is 92.6 Å². The average Bonchev–Trinajstić information content (AvgIpc) is 2.68. The lowest BCUT2D eigenvalue weighted by Crippen LogP contribution is -2.08. The van der Waals surface area contributed by atoms with E-state index in [1.54, 1.807) is 36.4 Å². The topological polar surface area (TPSA) is 59.3 Å². The van der Waals surface area contributed by atoms with Gasteiger partial charge in [0.2, 0.25) is 11.3 Å². The highest BCUT2D eigenvalue weighted by Gasteiger charge is 2.11. The van der Waals surface area contributed by atoms with Crippen molar-refractivity contribution in [1.82, 2.24) is 0 Å². The fourth-order valence-electron chi connectivity index (χ4n) is 3.32. The van der Waals surface area contributed by atoms with Gasteiger partial charge in [0.15, 0.2) is 0 Å². The molecule has 144 valence electrons. The minimum Gasteiger partial charge on any atom is -0.455 e. The van der Waals surface area contributed by atoms with E-state index >= 15 is 0 Å². The molecule has 0 saturated heterocycles. The van der Waals surface area contributed by atoms with Crippen molar-refractivity contribution in [2.75, 3.05) is 5.32 Å². The number of anilines is 1. The van der Waals surface area contributed by atoms with Crippen LogP contribution in [0.5, 0.6) is 0 Å². The van der Waals surface area contributed by atoms with Crippen molar-refractivity contribution in [2.24, 2.45) is 0 Å². The third kappa shape index (κ3) is 3.93. The van der Waals surface area contributed by atoms with E-state index in [2.05, 4.69) is 5.32 Å². The Hall–Kier alpha value is -3.37. The molecule has 1 heterocycles. The van der Waals surface area contributed by atoms with E-state index < -0.39 is 0 Å². The predicted molar refractivity (Wildman–Crippen MR) is 119 cm³/mol. The van der Waals surface area contributed by atoms with Gasteiger partial charge in [0, 0.05) is 22.9 Å². The fraction of sp³-hybridized carbons (Fsp3) is 0.0833. The molecule has 0 fully saturated rings. The Morgan fingerprint density at radius 1 is 1.00 bits per heavy atom. The van der Waals surface area contributed by atoms with E-state index in [4.69, 9.17) is 16.0 Å². The molecule has 4 nitrogen and oxygen atoms in total. The summed E-state index contributed by atoms with van der Waals surface area (Å²) in [7, 11) is 0. The Bertz CT molecular complexity index is 1330. The van der Waals surface area contributed by atoms with Gasteiger partial charge < -0.3 is 9.73 Å². The van der Waals surface area contributed by atoms with Crippen LogP contribution in [-0.4, -0.2) is 5.91 Å². The van der Waals surface area contributed by atoms with E-state index in [0.29, 0.717) is 32.6 Å². The lowest BCUT2D eigenvalue weighted by atomic mass is 10.1. The highest BCUT2D eigenvalue weighted by molar-refractivity contribution is 6.30. The van der Waals surface area contributed by atoms with Crippen LogP contribution in [0.25, 0.3) is 28.0 Å². The predicted octanol–water partition coefficient (Wildman–Crippen LogP) is 5.87. The molecule has 0 radical (unpaired) electrons. The van der Waals surface area contributed by atoms with Crippen molar-refractivity contribution < 1.29 is 9.21 Å². The van der Waals surface area contributed by atoms with Crippen molar-refractivity contribution in [1.29, 1.82) is 0 Å². The molecule has 29 heavy (non-hydrogen) atoms. The molecular formula is C24H18ClNO3. The number of hydrogen-bond acceptors (Lipinski definition) is 3. The zero-order valence-electron chi connectivity index (χ0n) is 16.0. The molecule has 0 aliphatic heterocycles. The molecule has 1 amide bonds. The molecule has 0 bridgehead atoms. The Morgan fingerprint density at radius 3 is 2.52 bits per heavy atom.